The van der Waals surface area contributed by atoms with Gasteiger partial charge in [0.25, 0.3) is 0 Å². The maximum Gasteiger partial charge on any atom is 0.234 e. The molecule has 1 N–H and O–H groups in total. The van der Waals surface area contributed by atoms with E-state index in [9.17, 15) is 4.79 Å². The van der Waals surface area contributed by atoms with E-state index in [-0.39, 0.29) is 18.4 Å². The van der Waals surface area contributed by atoms with E-state index >= 15 is 0 Å². The fourth-order valence-corrected chi connectivity index (χ4v) is 4.41. The first kappa shape index (κ1) is 20.5. The Morgan fingerprint density at radius 3 is 2.57 bits per heavy atom. The van der Waals surface area contributed by atoms with Crippen LogP contribution in [0, 0.1) is 17.2 Å². The van der Waals surface area contributed by atoms with Gasteiger partial charge in [-0.05, 0) is 56.7 Å². The highest BCUT2D eigenvalue weighted by Gasteiger charge is 2.24. The minimum Gasteiger partial charge on any atom is -0.495 e. The van der Waals surface area contributed by atoms with E-state index in [0.717, 1.165) is 57.2 Å². The number of hydrogen-bond donors (Lipinski definition) is 1. The van der Waals surface area contributed by atoms with Gasteiger partial charge in [-0.1, -0.05) is 12.1 Å². The van der Waals surface area contributed by atoms with Crippen molar-refractivity contribution < 1.29 is 9.53 Å². The predicted molar refractivity (Wildman–Crippen MR) is 110 cm³/mol. The number of piperazine rings is 1. The first-order valence-corrected chi connectivity index (χ1v) is 10.5. The van der Waals surface area contributed by atoms with Gasteiger partial charge in [0.15, 0.2) is 0 Å². The highest BCUT2D eigenvalue weighted by molar-refractivity contribution is 5.78. The normalized spacial score (nSPS) is 23.1. The molecule has 0 aromatic heterocycles. The molecule has 1 saturated heterocycles. The third kappa shape index (κ3) is 5.62. The lowest BCUT2D eigenvalue weighted by molar-refractivity contribution is -0.121. The molecule has 0 atom stereocenters. The SMILES string of the molecule is COc1ccccc1N1CCN(CC[C@H]2CC[C@H](NC(=O)CC#N)CC2)CC1. The number of nitrogens with one attached hydrogen (secondary N) is 1. The van der Waals surface area contributed by atoms with E-state index < -0.39 is 0 Å². The fourth-order valence-electron chi connectivity index (χ4n) is 4.41. The van der Waals surface area contributed by atoms with Crippen LogP contribution in [-0.2, 0) is 4.79 Å². The summed E-state index contributed by atoms with van der Waals surface area (Å²) in [5.41, 5.74) is 1.20. The monoisotopic (exact) mass is 384 g/mol. The Hall–Kier alpha value is -2.26. The van der Waals surface area contributed by atoms with Gasteiger partial charge in [0.05, 0.1) is 18.9 Å². The summed E-state index contributed by atoms with van der Waals surface area (Å²) in [4.78, 5) is 16.5. The Morgan fingerprint density at radius 1 is 1.18 bits per heavy atom. The molecule has 6 nitrogen and oxygen atoms in total. The van der Waals surface area contributed by atoms with E-state index in [0.29, 0.717) is 0 Å². The predicted octanol–water partition coefficient (Wildman–Crippen LogP) is 2.80. The second kappa shape index (κ2) is 10.3. The second-order valence-corrected chi connectivity index (χ2v) is 7.91. The summed E-state index contributed by atoms with van der Waals surface area (Å²) in [6.07, 6.45) is 5.67. The number of nitrogens with zero attached hydrogens (tertiary/aromatic N) is 3. The molecule has 28 heavy (non-hydrogen) atoms. The molecule has 1 aromatic carbocycles. The lowest BCUT2D eigenvalue weighted by atomic mass is 9.84. The first-order valence-electron chi connectivity index (χ1n) is 10.5. The Morgan fingerprint density at radius 2 is 1.89 bits per heavy atom. The van der Waals surface area contributed by atoms with Crippen molar-refractivity contribution in [2.45, 2.75) is 44.6 Å². The van der Waals surface area contributed by atoms with Crippen LogP contribution in [0.25, 0.3) is 0 Å². The largest absolute Gasteiger partial charge is 0.495 e. The van der Waals surface area contributed by atoms with Gasteiger partial charge >= 0.3 is 0 Å². The number of carbonyl (C=O) groups is 1. The molecule has 0 bridgehead atoms. The molecule has 1 aromatic rings. The third-order valence-electron chi connectivity index (χ3n) is 6.10. The zero-order valence-corrected chi connectivity index (χ0v) is 16.9. The Balaban J connectivity index is 1.35. The quantitative estimate of drug-likeness (QED) is 0.783. The van der Waals surface area contributed by atoms with Crippen molar-refractivity contribution >= 4 is 11.6 Å². The van der Waals surface area contributed by atoms with Crippen LogP contribution >= 0.6 is 0 Å². The molecular formula is C22H32N4O2. The summed E-state index contributed by atoms with van der Waals surface area (Å²) in [6.45, 7) is 5.43. The molecule has 3 rings (SSSR count). The number of methoxy groups -OCH3 is 1. The molecule has 1 saturated carbocycles. The van der Waals surface area contributed by atoms with E-state index in [1.54, 1.807) is 7.11 Å². The summed E-state index contributed by atoms with van der Waals surface area (Å²) >= 11 is 0. The smallest absolute Gasteiger partial charge is 0.234 e. The summed E-state index contributed by atoms with van der Waals surface area (Å²) < 4.78 is 5.50. The van der Waals surface area contributed by atoms with Crippen LogP contribution in [0.15, 0.2) is 24.3 Å². The number of carbonyl (C=O) groups excluding carboxylic acids is 1. The summed E-state index contributed by atoms with van der Waals surface area (Å²) in [7, 11) is 1.73. The number of rotatable bonds is 7. The molecule has 1 aliphatic heterocycles. The van der Waals surface area contributed by atoms with Crippen molar-refractivity contribution in [1.29, 1.82) is 5.26 Å². The number of anilines is 1. The minimum atomic E-state index is -0.126. The minimum absolute atomic E-state index is 0.0270. The van der Waals surface area contributed by atoms with Crippen LogP contribution in [0.5, 0.6) is 5.75 Å². The number of nitriles is 1. The molecule has 0 spiro atoms. The van der Waals surface area contributed by atoms with E-state index in [4.69, 9.17) is 10.00 Å². The van der Waals surface area contributed by atoms with Gasteiger partial charge in [-0.2, -0.15) is 5.26 Å². The standard InChI is InChI=1S/C22H32N4O2/c1-28-21-5-3-2-4-20(21)26-16-14-25(15-17-26)13-11-18-6-8-19(9-7-18)24-22(27)10-12-23/h2-5,18-19H,6-11,13-17H2,1H3,(H,24,27)/t18-,19-. The van der Waals surface area contributed by atoms with Gasteiger partial charge in [-0.15, -0.1) is 0 Å². The second-order valence-electron chi connectivity index (χ2n) is 7.91. The highest BCUT2D eigenvalue weighted by atomic mass is 16.5. The summed E-state index contributed by atoms with van der Waals surface area (Å²) in [5, 5.41) is 11.6. The van der Waals surface area contributed by atoms with E-state index in [1.165, 1.54) is 24.9 Å². The Bertz CT molecular complexity index is 671. The maximum atomic E-state index is 11.5. The van der Waals surface area contributed by atoms with Crippen molar-refractivity contribution in [2.75, 3.05) is 44.7 Å². The van der Waals surface area contributed by atoms with Crippen molar-refractivity contribution in [3.8, 4) is 11.8 Å². The molecule has 6 heteroatoms. The topological polar surface area (TPSA) is 68.6 Å². The number of amides is 1. The van der Waals surface area contributed by atoms with Crippen LogP contribution < -0.4 is 15.0 Å². The van der Waals surface area contributed by atoms with Gasteiger partial charge in [0.1, 0.15) is 12.2 Å². The van der Waals surface area contributed by atoms with Gasteiger partial charge in [-0.25, -0.2) is 0 Å². The molecule has 2 aliphatic rings. The number of hydrogen-bond acceptors (Lipinski definition) is 5. The van der Waals surface area contributed by atoms with E-state index in [2.05, 4.69) is 27.2 Å². The van der Waals surface area contributed by atoms with Crippen molar-refractivity contribution in [3.63, 3.8) is 0 Å². The molecule has 0 radical (unpaired) electrons. The lowest BCUT2D eigenvalue weighted by Gasteiger charge is -2.37. The van der Waals surface area contributed by atoms with Crippen molar-refractivity contribution in [3.05, 3.63) is 24.3 Å². The Kier molecular flexibility index (Phi) is 7.55. The zero-order chi connectivity index (χ0) is 19.8. The van der Waals surface area contributed by atoms with Gasteiger partial charge < -0.3 is 15.0 Å². The van der Waals surface area contributed by atoms with Gasteiger partial charge in [-0.3, -0.25) is 9.69 Å². The zero-order valence-electron chi connectivity index (χ0n) is 16.9. The summed E-state index contributed by atoms with van der Waals surface area (Å²) in [6, 6.07) is 10.4. The first-order chi connectivity index (χ1) is 13.7. The number of ether oxygens (including phenoxy) is 1. The third-order valence-corrected chi connectivity index (χ3v) is 6.10. The van der Waals surface area contributed by atoms with Crippen molar-refractivity contribution in [1.82, 2.24) is 10.2 Å². The van der Waals surface area contributed by atoms with Gasteiger partial charge in [0.2, 0.25) is 5.91 Å². The summed E-state index contributed by atoms with van der Waals surface area (Å²) in [5.74, 6) is 1.59. The fraction of sp³-hybridized carbons (Fsp3) is 0.636. The molecule has 1 amide bonds. The molecule has 0 unspecified atom stereocenters. The molecule has 1 aliphatic carbocycles. The molecule has 2 fully saturated rings. The van der Waals surface area contributed by atoms with Crippen LogP contribution in [0.4, 0.5) is 5.69 Å². The number of para-hydroxylation sites is 2. The van der Waals surface area contributed by atoms with Gasteiger partial charge in [0, 0.05) is 32.2 Å². The van der Waals surface area contributed by atoms with Crippen LogP contribution in [0.3, 0.4) is 0 Å². The van der Waals surface area contributed by atoms with Crippen LogP contribution in [0.2, 0.25) is 0 Å². The highest BCUT2D eigenvalue weighted by Crippen LogP contribution is 2.29. The van der Waals surface area contributed by atoms with Crippen LogP contribution in [0.1, 0.15) is 38.5 Å². The lowest BCUT2D eigenvalue weighted by Crippen LogP contribution is -2.47. The van der Waals surface area contributed by atoms with Crippen molar-refractivity contribution in [2.24, 2.45) is 5.92 Å². The maximum absolute atomic E-state index is 11.5. The average Bonchev–Trinajstić information content (AvgIpc) is 2.74. The Labute approximate surface area is 168 Å². The van der Waals surface area contributed by atoms with Crippen LogP contribution in [-0.4, -0.2) is 56.7 Å². The number of benzene rings is 1. The molecular weight excluding hydrogens is 352 g/mol. The average molecular weight is 385 g/mol. The molecule has 1 heterocycles. The van der Waals surface area contributed by atoms with E-state index in [1.807, 2.05) is 18.2 Å². The molecule has 152 valence electrons.